The first-order valence-corrected chi connectivity index (χ1v) is 6.53. The molecule has 1 fully saturated rings. The Morgan fingerprint density at radius 2 is 1.78 bits per heavy atom. The van der Waals surface area contributed by atoms with Crippen molar-refractivity contribution in [1.29, 1.82) is 0 Å². The number of hydrogen-bond acceptors (Lipinski definition) is 4. The zero-order valence-corrected chi connectivity index (χ0v) is 10.9. The average molecular weight is 271 g/mol. The second kappa shape index (κ2) is 5.99. The Balaban J connectivity index is 1.81. The Bertz CT molecular complexity index is 375. The summed E-state index contributed by atoms with van der Waals surface area (Å²) >= 11 is 5.82. The highest BCUT2D eigenvalue weighted by Crippen LogP contribution is 2.19. The van der Waals surface area contributed by atoms with E-state index in [1.807, 2.05) is 29.2 Å². The van der Waals surface area contributed by atoms with Crippen LogP contribution in [0.5, 0.6) is 0 Å². The van der Waals surface area contributed by atoms with Crippen LogP contribution in [0.2, 0.25) is 5.02 Å². The molecule has 5 heteroatoms. The van der Waals surface area contributed by atoms with Crippen LogP contribution in [0.1, 0.15) is 18.0 Å². The minimum absolute atomic E-state index is 0.0443. The molecule has 0 aromatic heterocycles. The van der Waals surface area contributed by atoms with E-state index in [0.717, 1.165) is 18.5 Å². The molecule has 1 saturated heterocycles. The van der Waals surface area contributed by atoms with E-state index in [1.54, 1.807) is 0 Å². The van der Waals surface area contributed by atoms with Gasteiger partial charge in [0.05, 0.1) is 12.2 Å². The maximum absolute atomic E-state index is 9.44. The van der Waals surface area contributed by atoms with Crippen molar-refractivity contribution in [2.24, 2.45) is 5.73 Å². The van der Waals surface area contributed by atoms with Crippen LogP contribution >= 0.6 is 11.6 Å². The van der Waals surface area contributed by atoms with E-state index < -0.39 is 12.2 Å². The molecule has 4 N–H and O–H groups in total. The number of likely N-dealkylation sites (tertiary alicyclic amines) is 1. The molecule has 0 radical (unpaired) electrons. The second-order valence-corrected chi connectivity index (χ2v) is 5.28. The monoisotopic (exact) mass is 270 g/mol. The summed E-state index contributed by atoms with van der Waals surface area (Å²) in [5, 5.41) is 19.6. The molecule has 1 aromatic rings. The van der Waals surface area contributed by atoms with Gasteiger partial charge in [-0.05, 0) is 24.1 Å². The van der Waals surface area contributed by atoms with Gasteiger partial charge >= 0.3 is 0 Å². The van der Waals surface area contributed by atoms with E-state index in [-0.39, 0.29) is 6.04 Å². The summed E-state index contributed by atoms with van der Waals surface area (Å²) in [5.41, 5.74) is 7.15. The second-order valence-electron chi connectivity index (χ2n) is 4.84. The quantitative estimate of drug-likeness (QED) is 0.756. The molecular weight excluding hydrogens is 252 g/mol. The molecule has 0 saturated carbocycles. The lowest BCUT2D eigenvalue weighted by molar-refractivity contribution is 0.0572. The van der Waals surface area contributed by atoms with Crippen LogP contribution in [0.25, 0.3) is 0 Å². The van der Waals surface area contributed by atoms with Gasteiger partial charge < -0.3 is 15.9 Å². The first kappa shape index (κ1) is 13.8. The Kier molecular flexibility index (Phi) is 4.59. The minimum Gasteiger partial charge on any atom is -0.389 e. The van der Waals surface area contributed by atoms with Crippen molar-refractivity contribution in [3.05, 3.63) is 34.9 Å². The highest BCUT2D eigenvalue weighted by Gasteiger charge is 2.29. The van der Waals surface area contributed by atoms with Crippen molar-refractivity contribution in [2.45, 2.75) is 24.7 Å². The lowest BCUT2D eigenvalue weighted by atomic mass is 10.0. The highest BCUT2D eigenvalue weighted by molar-refractivity contribution is 6.30. The van der Waals surface area contributed by atoms with Gasteiger partial charge in [0.25, 0.3) is 0 Å². The van der Waals surface area contributed by atoms with Gasteiger partial charge in [-0.15, -0.1) is 0 Å². The Morgan fingerprint density at radius 1 is 1.22 bits per heavy atom. The van der Waals surface area contributed by atoms with Crippen LogP contribution < -0.4 is 5.73 Å². The maximum Gasteiger partial charge on any atom is 0.0938 e. The largest absolute Gasteiger partial charge is 0.389 e. The number of halogens is 1. The summed E-state index contributed by atoms with van der Waals surface area (Å²) in [5.74, 6) is 0. The third-order valence-corrected chi connectivity index (χ3v) is 3.64. The molecule has 3 unspecified atom stereocenters. The predicted molar refractivity (Wildman–Crippen MR) is 71.5 cm³/mol. The van der Waals surface area contributed by atoms with Gasteiger partial charge in [-0.3, -0.25) is 4.90 Å². The van der Waals surface area contributed by atoms with E-state index in [4.69, 9.17) is 17.3 Å². The van der Waals surface area contributed by atoms with E-state index in [9.17, 15) is 10.2 Å². The maximum atomic E-state index is 9.44. The molecule has 0 spiro atoms. The zero-order chi connectivity index (χ0) is 13.1. The Morgan fingerprint density at radius 3 is 2.33 bits per heavy atom. The van der Waals surface area contributed by atoms with Crippen LogP contribution in [0.15, 0.2) is 24.3 Å². The lowest BCUT2D eigenvalue weighted by Gasteiger charge is -2.18. The van der Waals surface area contributed by atoms with Crippen LogP contribution in [-0.2, 0) is 0 Å². The lowest BCUT2D eigenvalue weighted by Crippen LogP contribution is -2.26. The van der Waals surface area contributed by atoms with Crippen molar-refractivity contribution in [2.75, 3.05) is 19.6 Å². The minimum atomic E-state index is -0.628. The molecule has 2 rings (SSSR count). The summed E-state index contributed by atoms with van der Waals surface area (Å²) in [6.07, 6.45) is -0.463. The molecule has 1 aromatic carbocycles. The predicted octanol–water partition coefficient (Wildman–Crippen LogP) is 0.767. The molecule has 3 atom stereocenters. The highest BCUT2D eigenvalue weighted by atomic mass is 35.5. The van der Waals surface area contributed by atoms with Crippen LogP contribution in [-0.4, -0.2) is 47.0 Å². The van der Waals surface area contributed by atoms with Crippen molar-refractivity contribution < 1.29 is 10.2 Å². The summed E-state index contributed by atoms with van der Waals surface area (Å²) in [6, 6.07) is 7.49. The van der Waals surface area contributed by atoms with Gasteiger partial charge in [-0.2, -0.15) is 0 Å². The summed E-state index contributed by atoms with van der Waals surface area (Å²) < 4.78 is 0. The standard InChI is InChI=1S/C13H19ClN2O2/c14-10-3-1-9(2-4-10)11(15)5-6-16-7-12(17)13(18)8-16/h1-4,11-13,17-18H,5-8,15H2. The fraction of sp³-hybridized carbons (Fsp3) is 0.538. The van der Waals surface area contributed by atoms with E-state index >= 15 is 0 Å². The van der Waals surface area contributed by atoms with Gasteiger partial charge in [0.1, 0.15) is 0 Å². The molecule has 18 heavy (non-hydrogen) atoms. The van der Waals surface area contributed by atoms with Crippen LogP contribution in [0, 0.1) is 0 Å². The molecule has 4 nitrogen and oxygen atoms in total. The fourth-order valence-electron chi connectivity index (χ4n) is 2.23. The number of nitrogens with two attached hydrogens (primary N) is 1. The smallest absolute Gasteiger partial charge is 0.0938 e. The number of β-amino-alcohol motifs (C(OH)–C–C–N with tert-alkyl or cyclic N) is 2. The first-order valence-electron chi connectivity index (χ1n) is 6.16. The van der Waals surface area contributed by atoms with Gasteiger partial charge in [-0.25, -0.2) is 0 Å². The van der Waals surface area contributed by atoms with Crippen molar-refractivity contribution in [3.8, 4) is 0 Å². The van der Waals surface area contributed by atoms with Crippen LogP contribution in [0.4, 0.5) is 0 Å². The number of benzene rings is 1. The van der Waals surface area contributed by atoms with Gasteiger partial charge in [0.2, 0.25) is 0 Å². The summed E-state index contributed by atoms with van der Waals surface area (Å²) in [6.45, 7) is 1.82. The normalized spacial score (nSPS) is 26.4. The Hall–Kier alpha value is -0.650. The van der Waals surface area contributed by atoms with Crippen molar-refractivity contribution >= 4 is 11.6 Å². The van der Waals surface area contributed by atoms with E-state index in [2.05, 4.69) is 0 Å². The number of aliphatic hydroxyl groups is 2. The fourth-order valence-corrected chi connectivity index (χ4v) is 2.35. The molecule has 0 bridgehead atoms. The first-order chi connectivity index (χ1) is 8.56. The average Bonchev–Trinajstić information content (AvgIpc) is 2.67. The number of rotatable bonds is 4. The number of aliphatic hydroxyl groups excluding tert-OH is 2. The topological polar surface area (TPSA) is 69.7 Å². The van der Waals surface area contributed by atoms with Gasteiger partial charge in [-0.1, -0.05) is 23.7 Å². The van der Waals surface area contributed by atoms with Gasteiger partial charge in [0, 0.05) is 30.7 Å². The molecule has 0 aliphatic carbocycles. The Labute approximate surface area is 112 Å². The van der Waals surface area contributed by atoms with Gasteiger partial charge in [0.15, 0.2) is 0 Å². The molecule has 100 valence electrons. The SMILES string of the molecule is NC(CCN1CC(O)C(O)C1)c1ccc(Cl)cc1. The third-order valence-electron chi connectivity index (χ3n) is 3.39. The summed E-state index contributed by atoms with van der Waals surface area (Å²) in [4.78, 5) is 2.03. The number of nitrogens with zero attached hydrogens (tertiary/aromatic N) is 1. The molecule has 1 aliphatic heterocycles. The van der Waals surface area contributed by atoms with Crippen LogP contribution in [0.3, 0.4) is 0 Å². The molecular formula is C13H19ClN2O2. The van der Waals surface area contributed by atoms with Crippen molar-refractivity contribution in [3.63, 3.8) is 0 Å². The van der Waals surface area contributed by atoms with E-state index in [0.29, 0.717) is 18.1 Å². The zero-order valence-electron chi connectivity index (χ0n) is 10.2. The third kappa shape index (κ3) is 3.43. The summed E-state index contributed by atoms with van der Waals surface area (Å²) in [7, 11) is 0. The molecule has 1 heterocycles. The molecule has 0 amide bonds. The molecule has 1 aliphatic rings. The van der Waals surface area contributed by atoms with E-state index in [1.165, 1.54) is 0 Å². The number of hydrogen-bond donors (Lipinski definition) is 3. The van der Waals surface area contributed by atoms with Crippen molar-refractivity contribution in [1.82, 2.24) is 4.90 Å².